The molecule has 0 aromatic heterocycles. The van der Waals surface area contributed by atoms with Crippen LogP contribution >= 0.6 is 24.0 Å². The van der Waals surface area contributed by atoms with E-state index in [1.807, 2.05) is 50.1 Å². The van der Waals surface area contributed by atoms with Gasteiger partial charge in [-0.3, -0.25) is 4.99 Å². The molecule has 0 saturated carbocycles. The highest BCUT2D eigenvalue weighted by atomic mass is 127. The van der Waals surface area contributed by atoms with Crippen molar-refractivity contribution < 1.29 is 13.2 Å². The molecule has 166 valence electrons. The second kappa shape index (κ2) is 12.8. The van der Waals surface area contributed by atoms with E-state index in [1.165, 1.54) is 0 Å². The predicted octanol–water partition coefficient (Wildman–Crippen LogP) is 3.00. The van der Waals surface area contributed by atoms with Crippen LogP contribution < -0.4 is 14.8 Å². The third-order valence-corrected chi connectivity index (χ3v) is 5.75. The molecule has 0 aliphatic heterocycles. The van der Waals surface area contributed by atoms with E-state index in [1.54, 1.807) is 31.4 Å². The monoisotopic (exact) mass is 546 g/mol. The fourth-order valence-electron chi connectivity index (χ4n) is 2.69. The second-order valence-corrected chi connectivity index (χ2v) is 8.42. The lowest BCUT2D eigenvalue weighted by Crippen LogP contribution is -2.39. The summed E-state index contributed by atoms with van der Waals surface area (Å²) < 4.78 is 32.5. The predicted molar refractivity (Wildman–Crippen MR) is 132 cm³/mol. The smallest absolute Gasteiger partial charge is 0.240 e. The van der Waals surface area contributed by atoms with E-state index in [-0.39, 0.29) is 35.4 Å². The van der Waals surface area contributed by atoms with Gasteiger partial charge in [-0.15, -0.1) is 24.0 Å². The summed E-state index contributed by atoms with van der Waals surface area (Å²) >= 11 is 0. The minimum absolute atomic E-state index is 0. The molecule has 2 aromatic carbocycles. The fraction of sp³-hybridized carbons (Fsp3) is 0.381. The Morgan fingerprint density at radius 3 is 2.30 bits per heavy atom. The number of aryl methyl sites for hydroxylation is 1. The SMILES string of the molecule is CCNC(=NCCNS(=O)(=O)c1ccc(C)cc1)N(C)Cc1ccc(OC)cc1.I. The average molecular weight is 546 g/mol. The zero-order valence-electron chi connectivity index (χ0n) is 17.9. The minimum Gasteiger partial charge on any atom is -0.497 e. The van der Waals surface area contributed by atoms with E-state index in [9.17, 15) is 8.42 Å². The first-order chi connectivity index (χ1) is 13.9. The van der Waals surface area contributed by atoms with Crippen LogP contribution in [-0.4, -0.2) is 53.1 Å². The average Bonchev–Trinajstić information content (AvgIpc) is 2.71. The molecule has 2 aromatic rings. The van der Waals surface area contributed by atoms with Crippen LogP contribution in [0.2, 0.25) is 0 Å². The summed E-state index contributed by atoms with van der Waals surface area (Å²) in [5, 5.41) is 3.23. The summed E-state index contributed by atoms with van der Waals surface area (Å²) in [6.45, 7) is 5.87. The Bertz CT molecular complexity index is 901. The van der Waals surface area contributed by atoms with Gasteiger partial charge in [0.2, 0.25) is 10.0 Å². The molecule has 0 spiro atoms. The van der Waals surface area contributed by atoms with Crippen molar-refractivity contribution in [1.29, 1.82) is 0 Å². The van der Waals surface area contributed by atoms with Crippen LogP contribution in [0.4, 0.5) is 0 Å². The summed E-state index contributed by atoms with van der Waals surface area (Å²) in [5.74, 6) is 1.54. The number of nitrogens with one attached hydrogen (secondary N) is 2. The standard InChI is InChI=1S/C21H30N4O3S.HI/c1-5-22-21(25(3)16-18-8-10-19(28-4)11-9-18)23-14-15-24-29(26,27)20-12-6-17(2)7-13-20;/h6-13,24H,5,14-16H2,1-4H3,(H,22,23);1H. The number of hydrogen-bond acceptors (Lipinski definition) is 4. The molecule has 0 amide bonds. The first kappa shape index (κ1) is 26.2. The van der Waals surface area contributed by atoms with Crippen LogP contribution in [0.15, 0.2) is 58.4 Å². The molecule has 2 N–H and O–H groups in total. The Balaban J connectivity index is 0.00000450. The molecule has 0 aliphatic rings. The van der Waals surface area contributed by atoms with Gasteiger partial charge < -0.3 is 15.0 Å². The highest BCUT2D eigenvalue weighted by molar-refractivity contribution is 14.0. The minimum atomic E-state index is -3.53. The van der Waals surface area contributed by atoms with Crippen LogP contribution in [0.3, 0.4) is 0 Å². The van der Waals surface area contributed by atoms with Gasteiger partial charge in [-0.1, -0.05) is 29.8 Å². The van der Waals surface area contributed by atoms with E-state index in [2.05, 4.69) is 15.0 Å². The Morgan fingerprint density at radius 2 is 1.73 bits per heavy atom. The fourth-order valence-corrected chi connectivity index (χ4v) is 3.71. The third kappa shape index (κ3) is 8.11. The Labute approximate surface area is 197 Å². The summed E-state index contributed by atoms with van der Waals surface area (Å²) in [6, 6.07) is 14.6. The second-order valence-electron chi connectivity index (χ2n) is 6.65. The van der Waals surface area contributed by atoms with Crippen LogP contribution in [0.5, 0.6) is 5.75 Å². The Kier molecular flexibility index (Phi) is 11.1. The maximum atomic E-state index is 12.3. The Hall–Kier alpha value is -1.85. The van der Waals surface area contributed by atoms with Crippen LogP contribution in [0, 0.1) is 6.92 Å². The largest absolute Gasteiger partial charge is 0.497 e. The van der Waals surface area contributed by atoms with Crippen molar-refractivity contribution in [3.8, 4) is 5.75 Å². The molecule has 9 heteroatoms. The van der Waals surface area contributed by atoms with Gasteiger partial charge in [0.05, 0.1) is 18.6 Å². The van der Waals surface area contributed by atoms with E-state index in [0.717, 1.165) is 29.4 Å². The molecular formula is C21H31IN4O3S. The topological polar surface area (TPSA) is 83.0 Å². The summed E-state index contributed by atoms with van der Waals surface area (Å²) in [5.41, 5.74) is 2.14. The molecule has 7 nitrogen and oxygen atoms in total. The summed E-state index contributed by atoms with van der Waals surface area (Å²) in [7, 11) is 0.0618. The number of hydrogen-bond donors (Lipinski definition) is 2. The lowest BCUT2D eigenvalue weighted by Gasteiger charge is -2.22. The molecule has 0 saturated heterocycles. The van der Waals surface area contributed by atoms with Crippen LogP contribution in [0.25, 0.3) is 0 Å². The number of ether oxygens (including phenoxy) is 1. The van der Waals surface area contributed by atoms with Gasteiger partial charge in [0.15, 0.2) is 5.96 Å². The summed E-state index contributed by atoms with van der Waals surface area (Å²) in [4.78, 5) is 6.79. The van der Waals surface area contributed by atoms with Gasteiger partial charge in [-0.25, -0.2) is 13.1 Å². The normalized spacial score (nSPS) is 11.5. The van der Waals surface area contributed by atoms with Gasteiger partial charge >= 0.3 is 0 Å². The lowest BCUT2D eigenvalue weighted by molar-refractivity contribution is 0.414. The number of guanidine groups is 1. The van der Waals surface area contributed by atoms with Gasteiger partial charge in [0.1, 0.15) is 5.75 Å². The van der Waals surface area contributed by atoms with Crippen molar-refractivity contribution in [3.05, 3.63) is 59.7 Å². The quantitative estimate of drug-likeness (QED) is 0.219. The molecule has 0 aliphatic carbocycles. The van der Waals surface area contributed by atoms with Gasteiger partial charge in [-0.2, -0.15) is 0 Å². The van der Waals surface area contributed by atoms with Crippen molar-refractivity contribution in [1.82, 2.24) is 14.9 Å². The molecule has 0 fully saturated rings. The van der Waals surface area contributed by atoms with Gasteiger partial charge in [0, 0.05) is 26.7 Å². The van der Waals surface area contributed by atoms with Crippen molar-refractivity contribution in [2.45, 2.75) is 25.3 Å². The van der Waals surface area contributed by atoms with Crippen molar-refractivity contribution in [2.75, 3.05) is 33.8 Å². The number of aliphatic imine (C=N–C) groups is 1. The molecule has 30 heavy (non-hydrogen) atoms. The Morgan fingerprint density at radius 1 is 1.10 bits per heavy atom. The van der Waals surface area contributed by atoms with E-state index in [0.29, 0.717) is 13.1 Å². The highest BCUT2D eigenvalue weighted by Crippen LogP contribution is 2.13. The van der Waals surface area contributed by atoms with Crippen LogP contribution in [0.1, 0.15) is 18.1 Å². The maximum absolute atomic E-state index is 12.3. The van der Waals surface area contributed by atoms with E-state index < -0.39 is 10.0 Å². The van der Waals surface area contributed by atoms with Crippen molar-refractivity contribution >= 4 is 40.0 Å². The zero-order valence-corrected chi connectivity index (χ0v) is 21.0. The third-order valence-electron chi connectivity index (χ3n) is 4.27. The summed E-state index contributed by atoms with van der Waals surface area (Å²) in [6.07, 6.45) is 0. The number of methoxy groups -OCH3 is 1. The van der Waals surface area contributed by atoms with Crippen LogP contribution in [-0.2, 0) is 16.6 Å². The molecule has 0 unspecified atom stereocenters. The molecular weight excluding hydrogens is 515 g/mol. The maximum Gasteiger partial charge on any atom is 0.240 e. The number of sulfonamides is 1. The molecule has 0 heterocycles. The lowest BCUT2D eigenvalue weighted by atomic mass is 10.2. The first-order valence-electron chi connectivity index (χ1n) is 9.54. The van der Waals surface area contributed by atoms with Gasteiger partial charge in [0.25, 0.3) is 0 Å². The van der Waals surface area contributed by atoms with Gasteiger partial charge in [-0.05, 0) is 43.7 Å². The van der Waals surface area contributed by atoms with Crippen molar-refractivity contribution in [2.24, 2.45) is 4.99 Å². The zero-order chi connectivity index (χ0) is 21.3. The molecule has 0 atom stereocenters. The van der Waals surface area contributed by atoms with E-state index >= 15 is 0 Å². The van der Waals surface area contributed by atoms with E-state index in [4.69, 9.17) is 4.74 Å². The highest BCUT2D eigenvalue weighted by Gasteiger charge is 2.13. The molecule has 0 bridgehead atoms. The number of nitrogens with zero attached hydrogens (tertiary/aromatic N) is 2. The number of benzene rings is 2. The first-order valence-corrected chi connectivity index (χ1v) is 11.0. The number of rotatable bonds is 9. The molecule has 2 rings (SSSR count). The van der Waals surface area contributed by atoms with Crippen molar-refractivity contribution in [3.63, 3.8) is 0 Å². The number of halogens is 1. The molecule has 0 radical (unpaired) electrons.